The summed E-state index contributed by atoms with van der Waals surface area (Å²) in [5.74, 6) is 0.364. The van der Waals surface area contributed by atoms with Crippen molar-refractivity contribution in [2.75, 3.05) is 18.4 Å². The maximum absolute atomic E-state index is 12.1. The normalized spacial score (nSPS) is 10.2. The van der Waals surface area contributed by atoms with E-state index >= 15 is 0 Å². The van der Waals surface area contributed by atoms with Gasteiger partial charge in [0, 0.05) is 19.2 Å². The molecule has 0 atom stereocenters. The fourth-order valence-electron chi connectivity index (χ4n) is 1.62. The van der Waals surface area contributed by atoms with Crippen LogP contribution in [-0.2, 0) is 0 Å². The molecule has 0 radical (unpaired) electrons. The molecule has 106 valence electrons. The number of aromatic amines is 1. The van der Waals surface area contributed by atoms with E-state index in [4.69, 9.17) is 0 Å². The number of aromatic nitrogens is 2. The molecule has 0 saturated carbocycles. The van der Waals surface area contributed by atoms with Gasteiger partial charge in [0.05, 0.1) is 0 Å². The SMILES string of the molecule is CCCCN(CCCC)C(=O)Nc1ccc(=O)[nH]n1. The third kappa shape index (κ3) is 5.54. The molecule has 0 fully saturated rings. The number of rotatable bonds is 7. The summed E-state index contributed by atoms with van der Waals surface area (Å²) in [6.07, 6.45) is 4.06. The van der Waals surface area contributed by atoms with Crippen molar-refractivity contribution in [3.8, 4) is 0 Å². The smallest absolute Gasteiger partial charge is 0.323 e. The van der Waals surface area contributed by atoms with Crippen LogP contribution in [0, 0.1) is 0 Å². The van der Waals surface area contributed by atoms with Crippen molar-refractivity contribution in [2.45, 2.75) is 39.5 Å². The summed E-state index contributed by atoms with van der Waals surface area (Å²) in [4.78, 5) is 24.8. The van der Waals surface area contributed by atoms with E-state index in [9.17, 15) is 9.59 Å². The molecule has 0 bridgehead atoms. The zero-order valence-corrected chi connectivity index (χ0v) is 11.6. The highest BCUT2D eigenvalue weighted by Crippen LogP contribution is 2.04. The van der Waals surface area contributed by atoms with Gasteiger partial charge in [0.1, 0.15) is 0 Å². The number of carbonyl (C=O) groups is 1. The predicted octanol–water partition coefficient (Wildman–Crippen LogP) is 2.20. The maximum Gasteiger partial charge on any atom is 0.323 e. The molecule has 0 aliphatic rings. The fourth-order valence-corrected chi connectivity index (χ4v) is 1.62. The van der Waals surface area contributed by atoms with Crippen LogP contribution in [0.15, 0.2) is 16.9 Å². The van der Waals surface area contributed by atoms with E-state index in [0.29, 0.717) is 5.82 Å². The maximum atomic E-state index is 12.1. The molecule has 0 unspecified atom stereocenters. The molecule has 2 amide bonds. The number of H-pyrrole nitrogens is 1. The van der Waals surface area contributed by atoms with Crippen LogP contribution >= 0.6 is 0 Å². The monoisotopic (exact) mass is 266 g/mol. The van der Waals surface area contributed by atoms with Crippen molar-refractivity contribution in [1.82, 2.24) is 15.1 Å². The predicted molar refractivity (Wildman–Crippen MR) is 75.3 cm³/mol. The Morgan fingerprint density at radius 2 is 1.89 bits per heavy atom. The molecule has 6 heteroatoms. The van der Waals surface area contributed by atoms with Gasteiger partial charge < -0.3 is 4.90 Å². The quantitative estimate of drug-likeness (QED) is 0.794. The number of urea groups is 1. The van der Waals surface area contributed by atoms with Gasteiger partial charge in [-0.3, -0.25) is 10.1 Å². The second-order valence-corrected chi connectivity index (χ2v) is 4.43. The molecule has 2 N–H and O–H groups in total. The Balaban J connectivity index is 2.59. The number of carbonyl (C=O) groups excluding carboxylic acids is 1. The van der Waals surface area contributed by atoms with Gasteiger partial charge in [0.15, 0.2) is 5.82 Å². The summed E-state index contributed by atoms with van der Waals surface area (Å²) >= 11 is 0. The Morgan fingerprint density at radius 1 is 1.26 bits per heavy atom. The van der Waals surface area contributed by atoms with E-state index < -0.39 is 0 Å². The number of nitrogens with one attached hydrogen (secondary N) is 2. The molecule has 1 rings (SSSR count). The number of hydrogen-bond donors (Lipinski definition) is 2. The van der Waals surface area contributed by atoms with E-state index in [-0.39, 0.29) is 11.6 Å². The van der Waals surface area contributed by atoms with Crippen molar-refractivity contribution < 1.29 is 4.79 Å². The molecule has 6 nitrogen and oxygen atoms in total. The molecule has 1 aromatic heterocycles. The van der Waals surface area contributed by atoms with Gasteiger partial charge in [-0.05, 0) is 18.9 Å². The lowest BCUT2D eigenvalue weighted by Gasteiger charge is -2.22. The molecule has 0 spiro atoms. The van der Waals surface area contributed by atoms with Crippen LogP contribution in [0.4, 0.5) is 10.6 Å². The van der Waals surface area contributed by atoms with Crippen molar-refractivity contribution >= 4 is 11.8 Å². The number of unbranched alkanes of at least 4 members (excludes halogenated alkanes) is 2. The van der Waals surface area contributed by atoms with E-state index in [1.165, 1.54) is 12.1 Å². The second kappa shape index (κ2) is 8.29. The third-order valence-electron chi connectivity index (χ3n) is 2.76. The molecule has 1 aromatic rings. The highest BCUT2D eigenvalue weighted by atomic mass is 16.2. The van der Waals surface area contributed by atoms with Gasteiger partial charge in [-0.15, -0.1) is 0 Å². The standard InChI is InChI=1S/C13H22N4O2/c1-3-5-9-17(10-6-4-2)13(19)14-11-7-8-12(18)16-15-11/h7-8H,3-6,9-10H2,1-2H3,(H,16,18)(H,14,15,19). The van der Waals surface area contributed by atoms with E-state index in [1.807, 2.05) is 0 Å². The van der Waals surface area contributed by atoms with Crippen molar-refractivity contribution in [2.24, 2.45) is 0 Å². The average molecular weight is 266 g/mol. The molecule has 0 saturated heterocycles. The summed E-state index contributed by atoms with van der Waals surface area (Å²) in [5, 5.41) is 8.75. The van der Waals surface area contributed by atoms with Gasteiger partial charge in [-0.1, -0.05) is 26.7 Å². The summed E-state index contributed by atoms with van der Waals surface area (Å²) in [6.45, 7) is 5.68. The number of hydrogen-bond acceptors (Lipinski definition) is 3. The number of anilines is 1. The largest absolute Gasteiger partial charge is 0.325 e. The highest BCUT2D eigenvalue weighted by molar-refractivity contribution is 5.88. The number of nitrogens with zero attached hydrogens (tertiary/aromatic N) is 2. The van der Waals surface area contributed by atoms with Crippen molar-refractivity contribution in [1.29, 1.82) is 0 Å². The minimum atomic E-state index is -0.285. The summed E-state index contributed by atoms with van der Waals surface area (Å²) in [6, 6.07) is 2.67. The van der Waals surface area contributed by atoms with Crippen LogP contribution in [0.25, 0.3) is 0 Å². The van der Waals surface area contributed by atoms with Gasteiger partial charge in [-0.2, -0.15) is 5.10 Å². The van der Waals surface area contributed by atoms with Crippen LogP contribution < -0.4 is 10.9 Å². The number of amides is 2. The molecule has 0 aliphatic heterocycles. The van der Waals surface area contributed by atoms with E-state index in [2.05, 4.69) is 29.4 Å². The van der Waals surface area contributed by atoms with Gasteiger partial charge in [0.25, 0.3) is 5.56 Å². The first kappa shape index (κ1) is 15.2. The summed E-state index contributed by atoms with van der Waals surface area (Å²) < 4.78 is 0. The zero-order valence-electron chi connectivity index (χ0n) is 11.6. The molecule has 0 aromatic carbocycles. The van der Waals surface area contributed by atoms with Gasteiger partial charge in [-0.25, -0.2) is 9.89 Å². The zero-order chi connectivity index (χ0) is 14.1. The fraction of sp³-hybridized carbons (Fsp3) is 0.615. The Morgan fingerprint density at radius 3 is 2.37 bits per heavy atom. The van der Waals surface area contributed by atoms with Crippen molar-refractivity contribution in [3.05, 3.63) is 22.5 Å². The molecular weight excluding hydrogens is 244 g/mol. The summed E-state index contributed by atoms with van der Waals surface area (Å²) in [7, 11) is 0. The average Bonchev–Trinajstić information content (AvgIpc) is 2.41. The van der Waals surface area contributed by atoms with E-state index in [0.717, 1.165) is 38.8 Å². The Hall–Kier alpha value is -1.85. The van der Waals surface area contributed by atoms with Crippen molar-refractivity contribution in [3.63, 3.8) is 0 Å². The van der Waals surface area contributed by atoms with E-state index in [1.54, 1.807) is 4.90 Å². The Kier molecular flexibility index (Phi) is 6.63. The Bertz CT molecular complexity index is 416. The summed E-state index contributed by atoms with van der Waals surface area (Å²) in [5.41, 5.74) is -0.285. The van der Waals surface area contributed by atoms with Crippen LogP contribution in [-0.4, -0.2) is 34.2 Å². The molecule has 19 heavy (non-hydrogen) atoms. The Labute approximate surface area is 113 Å². The third-order valence-corrected chi connectivity index (χ3v) is 2.76. The highest BCUT2D eigenvalue weighted by Gasteiger charge is 2.12. The topological polar surface area (TPSA) is 78.1 Å². The first-order valence-electron chi connectivity index (χ1n) is 6.79. The lowest BCUT2D eigenvalue weighted by Crippen LogP contribution is -2.36. The molecular formula is C13H22N4O2. The van der Waals surface area contributed by atoms with Crippen LogP contribution in [0.1, 0.15) is 39.5 Å². The lowest BCUT2D eigenvalue weighted by atomic mass is 10.3. The first-order valence-corrected chi connectivity index (χ1v) is 6.79. The lowest BCUT2D eigenvalue weighted by molar-refractivity contribution is 0.209. The van der Waals surface area contributed by atoms with Gasteiger partial charge in [0.2, 0.25) is 0 Å². The van der Waals surface area contributed by atoms with Gasteiger partial charge >= 0.3 is 6.03 Å². The molecule has 1 heterocycles. The second-order valence-electron chi connectivity index (χ2n) is 4.43. The first-order chi connectivity index (χ1) is 9.17. The minimum absolute atomic E-state index is 0.165. The molecule has 0 aliphatic carbocycles. The van der Waals surface area contributed by atoms with Crippen LogP contribution in [0.2, 0.25) is 0 Å². The van der Waals surface area contributed by atoms with Crippen LogP contribution in [0.5, 0.6) is 0 Å². The minimum Gasteiger partial charge on any atom is -0.325 e. The van der Waals surface area contributed by atoms with Crippen LogP contribution in [0.3, 0.4) is 0 Å².